The van der Waals surface area contributed by atoms with E-state index in [1.54, 1.807) is 4.57 Å². The normalized spacial score (nSPS) is 14.8. The summed E-state index contributed by atoms with van der Waals surface area (Å²) in [4.78, 5) is 3.57. The van der Waals surface area contributed by atoms with Crippen molar-refractivity contribution in [2.24, 2.45) is 5.10 Å². The topological polar surface area (TPSA) is 82.1 Å². The van der Waals surface area contributed by atoms with E-state index in [9.17, 15) is 0 Å². The number of anilines is 1. The number of hydrazone groups is 1. The molecule has 2 aromatic carbocycles. The Balaban J connectivity index is 1.70. The molecule has 1 aliphatic rings. The Morgan fingerprint density at radius 3 is 2.52 bits per heavy atom. The van der Waals surface area contributed by atoms with Gasteiger partial charge in [0.05, 0.1) is 22.5 Å². The second kappa shape index (κ2) is 7.18. The van der Waals surface area contributed by atoms with Gasteiger partial charge in [-0.25, -0.2) is 0 Å². The van der Waals surface area contributed by atoms with E-state index in [0.29, 0.717) is 16.6 Å². The van der Waals surface area contributed by atoms with Crippen molar-refractivity contribution in [2.75, 3.05) is 5.43 Å². The smallest absolute Gasteiger partial charge is 0.276 e. The van der Waals surface area contributed by atoms with Gasteiger partial charge < -0.3 is 9.40 Å². The first kappa shape index (κ1) is 17.6. The van der Waals surface area contributed by atoms with Gasteiger partial charge in [0.15, 0.2) is 0 Å². The first-order valence-corrected chi connectivity index (χ1v) is 9.92. The molecule has 1 aliphatic carbocycles. The zero-order valence-corrected chi connectivity index (χ0v) is 16.4. The maximum absolute atomic E-state index is 8.90. The number of fused-ring (bicyclic) bond motifs is 3. The minimum absolute atomic E-state index is 0.244. The number of H-pyrrole nitrogens is 1. The Hall–Kier alpha value is -3.45. The number of aromatic amines is 1. The molecule has 3 N–H and O–H groups in total. The molecule has 144 valence electrons. The highest BCUT2D eigenvalue weighted by Gasteiger charge is 2.24. The number of nitrogens with one attached hydrogen (secondary N) is 3. The lowest BCUT2D eigenvalue weighted by Crippen LogP contribution is -2.22. The van der Waals surface area contributed by atoms with Crippen molar-refractivity contribution in [1.82, 2.24) is 9.55 Å². The van der Waals surface area contributed by atoms with Gasteiger partial charge in [-0.2, -0.15) is 5.10 Å². The summed E-state index contributed by atoms with van der Waals surface area (Å²) in [6, 6.07) is 19.5. The van der Waals surface area contributed by atoms with Crippen LogP contribution in [-0.4, -0.2) is 15.3 Å². The molecule has 2 aromatic heterocycles. The van der Waals surface area contributed by atoms with Crippen LogP contribution in [-0.2, 0) is 6.42 Å². The lowest BCUT2D eigenvalue weighted by atomic mass is 9.94. The monoisotopic (exact) mass is 401 g/mol. The molecule has 7 heteroatoms. The zero-order chi connectivity index (χ0) is 19.8. The van der Waals surface area contributed by atoms with Crippen LogP contribution in [0.15, 0.2) is 70.2 Å². The van der Waals surface area contributed by atoms with Crippen LogP contribution in [0.4, 0.5) is 5.69 Å². The van der Waals surface area contributed by atoms with Gasteiger partial charge in [0.1, 0.15) is 5.49 Å². The van der Waals surface area contributed by atoms with E-state index in [-0.39, 0.29) is 4.84 Å². The number of para-hydroxylation sites is 2. The molecule has 5 rings (SSSR count). The third-order valence-electron chi connectivity index (χ3n) is 5.11. The fourth-order valence-corrected chi connectivity index (χ4v) is 4.08. The lowest BCUT2D eigenvalue weighted by molar-refractivity contribution is 0.521. The number of hydrogen-bond acceptors (Lipinski definition) is 5. The molecule has 6 nitrogen and oxygen atoms in total. The fourth-order valence-electron chi connectivity index (χ4n) is 3.80. The molecule has 0 bridgehead atoms. The summed E-state index contributed by atoms with van der Waals surface area (Å²) in [6.45, 7) is 0. The van der Waals surface area contributed by atoms with Crippen LogP contribution < -0.4 is 10.9 Å². The van der Waals surface area contributed by atoms with Crippen LogP contribution in [0.1, 0.15) is 24.1 Å². The van der Waals surface area contributed by atoms with Gasteiger partial charge in [0, 0.05) is 11.3 Å². The molecule has 2 heterocycles. The minimum Gasteiger partial charge on any atom is -0.413 e. The molecular weight excluding hydrogens is 382 g/mol. The number of benzene rings is 2. The Bertz CT molecular complexity index is 1330. The molecule has 4 aromatic rings. The van der Waals surface area contributed by atoms with Gasteiger partial charge in [-0.05, 0) is 55.7 Å². The van der Waals surface area contributed by atoms with E-state index >= 15 is 0 Å². The van der Waals surface area contributed by atoms with E-state index in [4.69, 9.17) is 22.0 Å². The van der Waals surface area contributed by atoms with Gasteiger partial charge in [0.25, 0.3) is 4.84 Å². The third-order valence-corrected chi connectivity index (χ3v) is 5.38. The van der Waals surface area contributed by atoms with Crippen molar-refractivity contribution >= 4 is 34.7 Å². The number of hydrogen-bond donors (Lipinski definition) is 3. The number of aromatic nitrogens is 2. The van der Waals surface area contributed by atoms with E-state index in [1.807, 2.05) is 60.7 Å². The average molecular weight is 401 g/mol. The predicted octanol–water partition coefficient (Wildman–Crippen LogP) is 4.91. The van der Waals surface area contributed by atoms with Crippen molar-refractivity contribution in [3.8, 4) is 5.69 Å². The van der Waals surface area contributed by atoms with Crippen LogP contribution in [0.3, 0.4) is 0 Å². The van der Waals surface area contributed by atoms with Crippen LogP contribution in [0.25, 0.3) is 16.8 Å². The predicted molar refractivity (Wildman–Crippen MR) is 116 cm³/mol. The SMILES string of the molecule is N=c1c2c3c([nH]c2oc(=S)n1-c1ccccc1)CCC/C3=N\Nc1ccccc1. The summed E-state index contributed by atoms with van der Waals surface area (Å²) in [5.74, 6) is 0. The van der Waals surface area contributed by atoms with Crippen molar-refractivity contribution < 1.29 is 4.42 Å². The molecule has 0 saturated carbocycles. The Kier molecular flexibility index (Phi) is 4.37. The largest absolute Gasteiger partial charge is 0.413 e. The molecule has 0 amide bonds. The van der Waals surface area contributed by atoms with Gasteiger partial charge in [0.2, 0.25) is 5.71 Å². The van der Waals surface area contributed by atoms with Gasteiger partial charge in [-0.15, -0.1) is 0 Å². The quantitative estimate of drug-likeness (QED) is 0.337. The molecule has 0 spiro atoms. The summed E-state index contributed by atoms with van der Waals surface area (Å²) in [5, 5.41) is 14.3. The molecule has 0 fully saturated rings. The summed E-state index contributed by atoms with van der Waals surface area (Å²) in [6.07, 6.45) is 2.71. The molecule has 0 saturated heterocycles. The molecular formula is C22H19N5OS. The molecule has 0 atom stereocenters. The number of nitrogens with zero attached hydrogens (tertiary/aromatic N) is 2. The Morgan fingerprint density at radius 2 is 1.76 bits per heavy atom. The third kappa shape index (κ3) is 3.09. The second-order valence-corrected chi connectivity index (χ2v) is 7.31. The Morgan fingerprint density at radius 1 is 1.03 bits per heavy atom. The average Bonchev–Trinajstić information content (AvgIpc) is 3.12. The van der Waals surface area contributed by atoms with Crippen LogP contribution in [0.5, 0.6) is 0 Å². The lowest BCUT2D eigenvalue weighted by Gasteiger charge is -2.15. The minimum atomic E-state index is 0.244. The first-order chi connectivity index (χ1) is 14.2. The summed E-state index contributed by atoms with van der Waals surface area (Å²) < 4.78 is 7.57. The summed E-state index contributed by atoms with van der Waals surface area (Å²) in [5.41, 5.74) is 8.61. The maximum Gasteiger partial charge on any atom is 0.276 e. The fraction of sp³-hybridized carbons (Fsp3) is 0.136. The van der Waals surface area contributed by atoms with Gasteiger partial charge in [-0.3, -0.25) is 15.4 Å². The standard InChI is InChI=1S/C22H19N5OS/c23-20-19-18-16(12-7-13-17(18)26-25-14-8-3-1-4-9-14)24-21(19)28-22(29)27(20)15-10-5-2-6-11-15/h1-6,8-11,23-25H,7,12-13H2/b23-20?,26-17+. The van der Waals surface area contributed by atoms with Crippen LogP contribution in [0.2, 0.25) is 0 Å². The van der Waals surface area contributed by atoms with Gasteiger partial charge in [-0.1, -0.05) is 36.4 Å². The van der Waals surface area contributed by atoms with E-state index < -0.39 is 0 Å². The van der Waals surface area contributed by atoms with E-state index in [1.165, 1.54) is 0 Å². The van der Waals surface area contributed by atoms with Crippen molar-refractivity contribution in [3.63, 3.8) is 0 Å². The van der Waals surface area contributed by atoms with E-state index in [2.05, 4.69) is 15.5 Å². The highest BCUT2D eigenvalue weighted by molar-refractivity contribution is 7.71. The molecule has 0 unspecified atom stereocenters. The molecule has 0 radical (unpaired) electrons. The Labute approximate surface area is 172 Å². The molecule has 29 heavy (non-hydrogen) atoms. The van der Waals surface area contributed by atoms with Crippen LogP contribution >= 0.6 is 12.2 Å². The van der Waals surface area contributed by atoms with Crippen molar-refractivity contribution in [1.29, 1.82) is 5.41 Å². The van der Waals surface area contributed by atoms with E-state index in [0.717, 1.165) is 47.6 Å². The maximum atomic E-state index is 8.90. The van der Waals surface area contributed by atoms with Crippen molar-refractivity contribution in [3.05, 3.63) is 82.2 Å². The second-order valence-electron chi connectivity index (χ2n) is 6.96. The first-order valence-electron chi connectivity index (χ1n) is 9.51. The van der Waals surface area contributed by atoms with Gasteiger partial charge >= 0.3 is 0 Å². The highest BCUT2D eigenvalue weighted by atomic mass is 32.1. The zero-order valence-electron chi connectivity index (χ0n) is 15.6. The summed E-state index contributed by atoms with van der Waals surface area (Å²) >= 11 is 5.45. The van der Waals surface area contributed by atoms with Crippen molar-refractivity contribution in [2.45, 2.75) is 19.3 Å². The van der Waals surface area contributed by atoms with Crippen LogP contribution in [0, 0.1) is 10.2 Å². The number of aryl methyl sites for hydroxylation is 1. The summed E-state index contributed by atoms with van der Waals surface area (Å²) in [7, 11) is 0. The molecule has 0 aliphatic heterocycles. The highest BCUT2D eigenvalue weighted by Crippen LogP contribution is 2.28. The number of rotatable bonds is 3.